The molecule has 2 rings (SSSR count). The maximum atomic E-state index is 12.8. The van der Waals surface area contributed by atoms with Crippen LogP contribution in [0.5, 0.6) is 0 Å². The lowest BCUT2D eigenvalue weighted by atomic mass is 10.1. The van der Waals surface area contributed by atoms with Gasteiger partial charge in [0.25, 0.3) is 0 Å². The lowest BCUT2D eigenvalue weighted by molar-refractivity contribution is 0.626. The van der Waals surface area contributed by atoms with Crippen molar-refractivity contribution in [2.75, 3.05) is 7.05 Å². The van der Waals surface area contributed by atoms with Crippen LogP contribution in [0.15, 0.2) is 52.5 Å². The molecule has 0 spiro atoms. The number of hydrogen-bond acceptors (Lipinski definition) is 3. The van der Waals surface area contributed by atoms with E-state index in [1.54, 1.807) is 12.1 Å². The summed E-state index contributed by atoms with van der Waals surface area (Å²) in [4.78, 5) is 5.38. The van der Waals surface area contributed by atoms with Gasteiger partial charge < -0.3 is 5.32 Å². The number of rotatable bonds is 4. The fourth-order valence-corrected chi connectivity index (χ4v) is 2.25. The largest absolute Gasteiger partial charge is 0.313 e. The summed E-state index contributed by atoms with van der Waals surface area (Å²) in [6, 6.07) is 10.8. The number of halogens is 1. The van der Waals surface area contributed by atoms with Gasteiger partial charge in [-0.2, -0.15) is 0 Å². The van der Waals surface area contributed by atoms with Crippen molar-refractivity contribution in [1.82, 2.24) is 10.3 Å². The van der Waals surface area contributed by atoms with E-state index in [0.29, 0.717) is 6.04 Å². The van der Waals surface area contributed by atoms with Crippen LogP contribution in [0.25, 0.3) is 0 Å². The van der Waals surface area contributed by atoms with Gasteiger partial charge in [-0.3, -0.25) is 0 Å². The predicted molar refractivity (Wildman–Crippen MR) is 72.2 cm³/mol. The van der Waals surface area contributed by atoms with E-state index < -0.39 is 0 Å². The first kappa shape index (κ1) is 13.1. The Balaban J connectivity index is 2.08. The van der Waals surface area contributed by atoms with Crippen molar-refractivity contribution in [2.24, 2.45) is 0 Å². The van der Waals surface area contributed by atoms with E-state index >= 15 is 0 Å². The van der Waals surface area contributed by atoms with Crippen LogP contribution in [0, 0.1) is 5.82 Å². The van der Waals surface area contributed by atoms with E-state index in [-0.39, 0.29) is 5.82 Å². The normalized spacial score (nSPS) is 12.4. The van der Waals surface area contributed by atoms with Gasteiger partial charge in [-0.25, -0.2) is 9.37 Å². The highest BCUT2D eigenvalue weighted by Gasteiger charge is 2.04. The zero-order valence-electron chi connectivity index (χ0n) is 10.4. The average Bonchev–Trinajstić information content (AvgIpc) is 2.41. The number of pyridine rings is 1. The molecule has 1 heterocycles. The quantitative estimate of drug-likeness (QED) is 0.910. The summed E-state index contributed by atoms with van der Waals surface area (Å²) in [6.45, 7) is 2.09. The fourth-order valence-electron chi connectivity index (χ4n) is 1.50. The predicted octanol–water partition coefficient (Wildman–Crippen LogP) is 3.65. The molecule has 1 unspecified atom stereocenters. The van der Waals surface area contributed by atoms with E-state index in [1.165, 1.54) is 23.9 Å². The summed E-state index contributed by atoms with van der Waals surface area (Å²) in [7, 11) is 1.92. The third-order valence-electron chi connectivity index (χ3n) is 2.73. The number of nitrogens with zero attached hydrogens (tertiary/aromatic N) is 1. The minimum atomic E-state index is -0.217. The molecule has 0 fully saturated rings. The molecule has 2 nitrogen and oxygen atoms in total. The lowest BCUT2D eigenvalue weighted by Gasteiger charge is -2.10. The highest BCUT2D eigenvalue weighted by Crippen LogP contribution is 2.26. The van der Waals surface area contributed by atoms with Crippen molar-refractivity contribution in [1.29, 1.82) is 0 Å². The SMILES string of the molecule is CNC(C)c1ccc(Sc2ccc(F)cc2)nc1. The van der Waals surface area contributed by atoms with Gasteiger partial charge in [-0.1, -0.05) is 17.8 Å². The van der Waals surface area contributed by atoms with Gasteiger partial charge in [0.1, 0.15) is 10.8 Å². The van der Waals surface area contributed by atoms with Crippen LogP contribution in [0.3, 0.4) is 0 Å². The van der Waals surface area contributed by atoms with Crippen LogP contribution in [-0.4, -0.2) is 12.0 Å². The maximum absolute atomic E-state index is 12.8. The molecule has 0 amide bonds. The fraction of sp³-hybridized carbons (Fsp3) is 0.214. The minimum Gasteiger partial charge on any atom is -0.313 e. The Morgan fingerprint density at radius 1 is 1.17 bits per heavy atom. The van der Waals surface area contributed by atoms with Crippen LogP contribution < -0.4 is 5.32 Å². The Hall–Kier alpha value is -1.39. The van der Waals surface area contributed by atoms with Gasteiger partial charge in [0.05, 0.1) is 0 Å². The Morgan fingerprint density at radius 2 is 1.89 bits per heavy atom. The van der Waals surface area contributed by atoms with Gasteiger partial charge >= 0.3 is 0 Å². The van der Waals surface area contributed by atoms with Crippen LogP contribution in [0.1, 0.15) is 18.5 Å². The smallest absolute Gasteiger partial charge is 0.123 e. The van der Waals surface area contributed by atoms with Crippen molar-refractivity contribution in [2.45, 2.75) is 22.9 Å². The molecule has 94 valence electrons. The number of aromatic nitrogens is 1. The molecule has 4 heteroatoms. The molecule has 1 aromatic carbocycles. The maximum Gasteiger partial charge on any atom is 0.123 e. The molecule has 2 aromatic rings. The molecule has 0 bridgehead atoms. The zero-order valence-corrected chi connectivity index (χ0v) is 11.2. The first-order valence-corrected chi connectivity index (χ1v) is 6.57. The Labute approximate surface area is 111 Å². The van der Waals surface area contributed by atoms with E-state index in [0.717, 1.165) is 15.5 Å². The standard InChI is InChI=1S/C14H15FN2S/c1-10(16-2)11-3-8-14(17-9-11)18-13-6-4-12(15)5-7-13/h3-10,16H,1-2H3. The Kier molecular flexibility index (Phi) is 4.33. The first-order valence-electron chi connectivity index (χ1n) is 5.75. The highest BCUT2D eigenvalue weighted by molar-refractivity contribution is 7.99. The summed E-state index contributed by atoms with van der Waals surface area (Å²) >= 11 is 1.53. The minimum absolute atomic E-state index is 0.217. The van der Waals surface area contributed by atoms with Crippen LogP contribution >= 0.6 is 11.8 Å². The first-order chi connectivity index (χ1) is 8.69. The third kappa shape index (κ3) is 3.31. The van der Waals surface area contributed by atoms with Crippen LogP contribution in [0.4, 0.5) is 4.39 Å². The van der Waals surface area contributed by atoms with E-state index in [9.17, 15) is 4.39 Å². The third-order valence-corrected chi connectivity index (χ3v) is 3.69. The molecule has 0 aliphatic carbocycles. The number of benzene rings is 1. The summed E-state index contributed by atoms with van der Waals surface area (Å²) in [5.41, 5.74) is 1.15. The number of hydrogen-bond donors (Lipinski definition) is 1. The number of nitrogens with one attached hydrogen (secondary N) is 1. The molecule has 0 aliphatic rings. The molecule has 0 saturated heterocycles. The molecule has 1 atom stereocenters. The van der Waals surface area contributed by atoms with Gasteiger partial charge in [-0.05, 0) is 49.9 Å². The molecular weight excluding hydrogens is 247 g/mol. The van der Waals surface area contributed by atoms with Gasteiger partial charge in [0.15, 0.2) is 0 Å². The van der Waals surface area contributed by atoms with Crippen molar-refractivity contribution < 1.29 is 4.39 Å². The summed E-state index contributed by atoms with van der Waals surface area (Å²) in [6.07, 6.45) is 1.87. The van der Waals surface area contributed by atoms with Crippen molar-refractivity contribution in [3.05, 3.63) is 54.0 Å². The molecule has 0 aliphatic heterocycles. The second-order valence-corrected chi connectivity index (χ2v) is 5.09. The van der Waals surface area contributed by atoms with E-state index in [4.69, 9.17) is 0 Å². The summed E-state index contributed by atoms with van der Waals surface area (Å²) in [5, 5.41) is 4.08. The molecule has 0 radical (unpaired) electrons. The second kappa shape index (κ2) is 5.98. The zero-order chi connectivity index (χ0) is 13.0. The van der Waals surface area contributed by atoms with E-state index in [1.807, 2.05) is 19.3 Å². The van der Waals surface area contributed by atoms with E-state index in [2.05, 4.69) is 23.3 Å². The molecule has 18 heavy (non-hydrogen) atoms. The molecule has 1 aromatic heterocycles. The Morgan fingerprint density at radius 3 is 2.44 bits per heavy atom. The topological polar surface area (TPSA) is 24.9 Å². The highest BCUT2D eigenvalue weighted by atomic mass is 32.2. The molecule has 1 N–H and O–H groups in total. The summed E-state index contributed by atoms with van der Waals surface area (Å²) < 4.78 is 12.8. The van der Waals surface area contributed by atoms with Gasteiger partial charge in [-0.15, -0.1) is 0 Å². The van der Waals surface area contributed by atoms with Crippen molar-refractivity contribution in [3.8, 4) is 0 Å². The van der Waals surface area contributed by atoms with Gasteiger partial charge in [0.2, 0.25) is 0 Å². The molecular formula is C14H15FN2S. The van der Waals surface area contributed by atoms with Crippen LogP contribution in [-0.2, 0) is 0 Å². The molecule has 0 saturated carbocycles. The lowest BCUT2D eigenvalue weighted by Crippen LogP contribution is -2.12. The monoisotopic (exact) mass is 262 g/mol. The second-order valence-electron chi connectivity index (χ2n) is 4.00. The van der Waals surface area contributed by atoms with Crippen molar-refractivity contribution >= 4 is 11.8 Å². The van der Waals surface area contributed by atoms with Crippen molar-refractivity contribution in [3.63, 3.8) is 0 Å². The van der Waals surface area contributed by atoms with Crippen LogP contribution in [0.2, 0.25) is 0 Å². The Bertz CT molecular complexity index is 496. The van der Waals surface area contributed by atoms with Gasteiger partial charge in [0, 0.05) is 17.1 Å². The average molecular weight is 262 g/mol. The summed E-state index contributed by atoms with van der Waals surface area (Å²) in [5.74, 6) is -0.217.